The van der Waals surface area contributed by atoms with E-state index in [9.17, 15) is 4.79 Å². The molecule has 4 bridgehead atoms. The fourth-order valence-corrected chi connectivity index (χ4v) is 6.65. The van der Waals surface area contributed by atoms with Gasteiger partial charge in [0.15, 0.2) is 0 Å². The minimum Gasteiger partial charge on any atom is -0.353 e. The Hall–Kier alpha value is -0.530. The average Bonchev–Trinajstić information content (AvgIpc) is 2.82. The highest BCUT2D eigenvalue weighted by atomic mass is 16.2. The van der Waals surface area contributed by atoms with Gasteiger partial charge in [-0.25, -0.2) is 0 Å². The Morgan fingerprint density at radius 1 is 0.842 bits per heavy atom. The van der Waals surface area contributed by atoms with Crippen LogP contribution >= 0.6 is 0 Å². The van der Waals surface area contributed by atoms with Crippen LogP contribution < -0.4 is 5.32 Å². The van der Waals surface area contributed by atoms with Crippen LogP contribution in [0.2, 0.25) is 0 Å². The summed E-state index contributed by atoms with van der Waals surface area (Å²) in [6, 6.07) is 0.582. The number of hydrogen-bond donors (Lipinski definition) is 1. The van der Waals surface area contributed by atoms with E-state index in [1.54, 1.807) is 0 Å². The van der Waals surface area contributed by atoms with Gasteiger partial charge < -0.3 is 5.32 Å². The summed E-state index contributed by atoms with van der Waals surface area (Å²) in [6.45, 7) is 0. The van der Waals surface area contributed by atoms with Gasteiger partial charge in [0.1, 0.15) is 0 Å². The Bertz CT molecular complexity index is 379. The van der Waals surface area contributed by atoms with Gasteiger partial charge in [0, 0.05) is 12.0 Å². The van der Waals surface area contributed by atoms with Gasteiger partial charge in [-0.2, -0.15) is 0 Å². The second-order valence-corrected chi connectivity index (χ2v) is 8.25. The first-order valence-electron chi connectivity index (χ1n) is 8.60. The van der Waals surface area contributed by atoms with Gasteiger partial charge in [-0.3, -0.25) is 4.79 Å². The number of carbonyl (C=O) groups is 1. The minimum atomic E-state index is 0.397. The molecule has 6 saturated carbocycles. The highest BCUT2D eigenvalue weighted by Crippen LogP contribution is 2.57. The minimum absolute atomic E-state index is 0.397. The molecule has 0 radical (unpaired) electrons. The number of nitrogens with one attached hydrogen (secondary N) is 1. The van der Waals surface area contributed by atoms with E-state index < -0.39 is 0 Å². The summed E-state index contributed by atoms with van der Waals surface area (Å²) < 4.78 is 0. The fraction of sp³-hybridized carbons (Fsp3) is 0.941. The van der Waals surface area contributed by atoms with Crippen molar-refractivity contribution in [3.8, 4) is 0 Å². The molecule has 6 aliphatic rings. The largest absolute Gasteiger partial charge is 0.353 e. The maximum Gasteiger partial charge on any atom is 0.223 e. The van der Waals surface area contributed by atoms with Crippen LogP contribution in [0.15, 0.2) is 0 Å². The highest BCUT2D eigenvalue weighted by Gasteiger charge is 2.56. The summed E-state index contributed by atoms with van der Waals surface area (Å²) in [5.41, 5.74) is 0. The molecule has 6 aliphatic carbocycles. The van der Waals surface area contributed by atoms with Crippen molar-refractivity contribution >= 4 is 5.91 Å². The number of hydrogen-bond acceptors (Lipinski definition) is 1. The second kappa shape index (κ2) is 3.77. The van der Waals surface area contributed by atoms with Gasteiger partial charge in [-0.05, 0) is 80.5 Å². The Morgan fingerprint density at radius 2 is 1.42 bits per heavy atom. The van der Waals surface area contributed by atoms with E-state index in [1.807, 2.05) is 0 Å². The molecule has 1 amide bonds. The molecule has 3 atom stereocenters. The van der Waals surface area contributed by atoms with Crippen molar-refractivity contribution in [1.29, 1.82) is 0 Å². The lowest BCUT2D eigenvalue weighted by Crippen LogP contribution is -2.51. The third-order valence-electron chi connectivity index (χ3n) is 7.24. The van der Waals surface area contributed by atoms with Crippen molar-refractivity contribution in [1.82, 2.24) is 5.32 Å². The van der Waals surface area contributed by atoms with E-state index in [4.69, 9.17) is 0 Å². The summed E-state index contributed by atoms with van der Waals surface area (Å²) in [7, 11) is 0. The molecule has 6 rings (SSSR count). The maximum atomic E-state index is 12.7. The van der Waals surface area contributed by atoms with Crippen molar-refractivity contribution in [2.75, 3.05) is 0 Å². The summed E-state index contributed by atoms with van der Waals surface area (Å²) in [6.07, 6.45) is 11.1. The van der Waals surface area contributed by atoms with Crippen LogP contribution in [0.25, 0.3) is 0 Å². The van der Waals surface area contributed by atoms with Crippen molar-refractivity contribution < 1.29 is 4.79 Å². The van der Waals surface area contributed by atoms with Crippen LogP contribution in [0.5, 0.6) is 0 Å². The van der Waals surface area contributed by atoms with E-state index in [0.717, 1.165) is 35.5 Å². The van der Waals surface area contributed by atoms with Crippen LogP contribution in [0.4, 0.5) is 0 Å². The predicted octanol–water partition coefficient (Wildman–Crippen LogP) is 2.97. The first-order valence-corrected chi connectivity index (χ1v) is 8.60. The molecule has 104 valence electrons. The number of carbonyl (C=O) groups excluding carboxylic acids is 1. The summed E-state index contributed by atoms with van der Waals surface area (Å²) in [5, 5.41) is 3.44. The van der Waals surface area contributed by atoms with Crippen LogP contribution in [-0.2, 0) is 4.79 Å². The molecule has 0 aromatic heterocycles. The third-order valence-corrected chi connectivity index (χ3v) is 7.24. The second-order valence-electron chi connectivity index (χ2n) is 8.25. The summed E-state index contributed by atoms with van der Waals surface area (Å²) in [5.74, 6) is 6.02. The summed E-state index contributed by atoms with van der Waals surface area (Å²) >= 11 is 0. The average molecular weight is 259 g/mol. The smallest absolute Gasteiger partial charge is 0.223 e. The topological polar surface area (TPSA) is 29.1 Å². The molecule has 0 saturated heterocycles. The Balaban J connectivity index is 1.29. The molecule has 0 spiro atoms. The van der Waals surface area contributed by atoms with Gasteiger partial charge >= 0.3 is 0 Å². The van der Waals surface area contributed by atoms with Gasteiger partial charge in [0.2, 0.25) is 5.91 Å². The SMILES string of the molecule is O=C(NC1[C@H]2CCC[C@@H]12)C1C2CC3CC(C2)CC1C3. The molecule has 1 N–H and O–H groups in total. The van der Waals surface area contributed by atoms with Crippen molar-refractivity contribution in [3.63, 3.8) is 0 Å². The zero-order valence-corrected chi connectivity index (χ0v) is 11.7. The zero-order chi connectivity index (χ0) is 12.6. The molecule has 0 aromatic rings. The van der Waals surface area contributed by atoms with Crippen molar-refractivity contribution in [2.45, 2.75) is 57.4 Å². The van der Waals surface area contributed by atoms with E-state index >= 15 is 0 Å². The van der Waals surface area contributed by atoms with E-state index in [0.29, 0.717) is 17.9 Å². The van der Waals surface area contributed by atoms with Crippen molar-refractivity contribution in [2.24, 2.45) is 41.4 Å². The number of rotatable bonds is 2. The lowest BCUT2D eigenvalue weighted by molar-refractivity contribution is -0.138. The molecular formula is C17H25NO. The van der Waals surface area contributed by atoms with Crippen molar-refractivity contribution in [3.05, 3.63) is 0 Å². The standard InChI is InChI=1S/C17H25NO/c19-17(18-16-13-2-1-3-14(13)16)15-11-5-9-4-10(7-11)8-12(15)6-9/h9-16H,1-8H2,(H,18,19)/t9?,10?,11?,12?,13-,14+,15?,16?. The van der Waals surface area contributed by atoms with Crippen LogP contribution in [0.3, 0.4) is 0 Å². The molecule has 0 heterocycles. The van der Waals surface area contributed by atoms with Gasteiger partial charge in [-0.1, -0.05) is 6.42 Å². The molecule has 1 unspecified atom stereocenters. The number of amides is 1. The molecule has 0 aromatic carbocycles. The Kier molecular flexibility index (Phi) is 2.21. The Morgan fingerprint density at radius 3 is 2.00 bits per heavy atom. The van der Waals surface area contributed by atoms with Gasteiger partial charge in [-0.15, -0.1) is 0 Å². The maximum absolute atomic E-state index is 12.7. The summed E-state index contributed by atoms with van der Waals surface area (Å²) in [4.78, 5) is 12.7. The van der Waals surface area contributed by atoms with Crippen LogP contribution in [-0.4, -0.2) is 11.9 Å². The quantitative estimate of drug-likeness (QED) is 0.811. The predicted molar refractivity (Wildman–Crippen MR) is 73.3 cm³/mol. The van der Waals surface area contributed by atoms with E-state index in [-0.39, 0.29) is 0 Å². The molecule has 19 heavy (non-hydrogen) atoms. The van der Waals surface area contributed by atoms with Gasteiger partial charge in [0.05, 0.1) is 0 Å². The first kappa shape index (κ1) is 11.2. The van der Waals surface area contributed by atoms with Crippen LogP contribution in [0.1, 0.15) is 51.4 Å². The van der Waals surface area contributed by atoms with E-state index in [1.165, 1.54) is 51.4 Å². The first-order chi connectivity index (χ1) is 9.29. The third kappa shape index (κ3) is 1.58. The highest BCUT2D eigenvalue weighted by molar-refractivity contribution is 5.80. The Labute approximate surface area is 115 Å². The lowest BCUT2D eigenvalue weighted by Gasteiger charge is -2.53. The van der Waals surface area contributed by atoms with Gasteiger partial charge in [0.25, 0.3) is 0 Å². The van der Waals surface area contributed by atoms with Crippen LogP contribution in [0, 0.1) is 41.4 Å². The molecule has 6 fully saturated rings. The fourth-order valence-electron chi connectivity index (χ4n) is 6.65. The number of fused-ring (bicyclic) bond motifs is 1. The normalized spacial score (nSPS) is 57.1. The molecule has 2 nitrogen and oxygen atoms in total. The zero-order valence-electron chi connectivity index (χ0n) is 11.7. The molecule has 2 heteroatoms. The molecule has 0 aliphatic heterocycles. The lowest BCUT2D eigenvalue weighted by atomic mass is 9.51. The molecular weight excluding hydrogens is 234 g/mol. The van der Waals surface area contributed by atoms with E-state index in [2.05, 4.69) is 5.32 Å². The monoisotopic (exact) mass is 259 g/mol.